The lowest BCUT2D eigenvalue weighted by molar-refractivity contribution is 0.262. The number of urea groups is 1. The van der Waals surface area contributed by atoms with Gasteiger partial charge in [-0.1, -0.05) is 23.7 Å². The van der Waals surface area contributed by atoms with Crippen LogP contribution in [0.3, 0.4) is 0 Å². The van der Waals surface area contributed by atoms with E-state index in [1.807, 2.05) is 0 Å². The minimum atomic E-state index is -4.31. The van der Waals surface area contributed by atoms with Gasteiger partial charge < -0.3 is 10.6 Å². The third-order valence-corrected chi connectivity index (χ3v) is 3.56. The Labute approximate surface area is 126 Å². The predicted molar refractivity (Wildman–Crippen MR) is 80.4 cm³/mol. The molecule has 0 aliphatic rings. The molecular formula is C13H11ClN2O4S. The largest absolute Gasteiger partial charge is 0.323 e. The fourth-order valence-corrected chi connectivity index (χ4v) is 2.31. The highest BCUT2D eigenvalue weighted by Crippen LogP contribution is 2.17. The van der Waals surface area contributed by atoms with Crippen LogP contribution in [0.15, 0.2) is 53.4 Å². The molecule has 0 bridgehead atoms. The molecule has 2 rings (SSSR count). The minimum Gasteiger partial charge on any atom is -0.308 e. The van der Waals surface area contributed by atoms with Crippen LogP contribution in [0.4, 0.5) is 16.2 Å². The van der Waals surface area contributed by atoms with Gasteiger partial charge in [-0.15, -0.1) is 0 Å². The molecule has 0 atom stereocenters. The fourth-order valence-electron chi connectivity index (χ4n) is 1.59. The molecule has 0 radical (unpaired) electrons. The van der Waals surface area contributed by atoms with Crippen molar-refractivity contribution in [3.63, 3.8) is 0 Å². The zero-order chi connectivity index (χ0) is 15.5. The second kappa shape index (κ2) is 6.13. The maximum Gasteiger partial charge on any atom is 0.323 e. The molecule has 110 valence electrons. The first-order chi connectivity index (χ1) is 9.84. The second-order valence-electron chi connectivity index (χ2n) is 4.09. The number of hydrogen-bond acceptors (Lipinski definition) is 3. The molecule has 0 saturated heterocycles. The quantitative estimate of drug-likeness (QED) is 0.754. The van der Waals surface area contributed by atoms with Gasteiger partial charge in [0.1, 0.15) is 0 Å². The molecule has 0 aliphatic heterocycles. The van der Waals surface area contributed by atoms with Crippen LogP contribution in [0.1, 0.15) is 0 Å². The first-order valence-corrected chi connectivity index (χ1v) is 7.57. The Hall–Kier alpha value is -2.09. The smallest absolute Gasteiger partial charge is 0.308 e. The van der Waals surface area contributed by atoms with Gasteiger partial charge in [0, 0.05) is 16.4 Å². The molecule has 0 spiro atoms. The monoisotopic (exact) mass is 326 g/mol. The van der Waals surface area contributed by atoms with Gasteiger partial charge >= 0.3 is 6.03 Å². The lowest BCUT2D eigenvalue weighted by atomic mass is 10.3. The van der Waals surface area contributed by atoms with Crippen molar-refractivity contribution in [1.82, 2.24) is 0 Å². The molecule has 8 heteroatoms. The molecule has 0 aromatic heterocycles. The molecular weight excluding hydrogens is 316 g/mol. The van der Waals surface area contributed by atoms with E-state index in [2.05, 4.69) is 10.6 Å². The van der Waals surface area contributed by atoms with E-state index < -0.39 is 16.1 Å². The Kier molecular flexibility index (Phi) is 4.46. The topological polar surface area (TPSA) is 95.5 Å². The first kappa shape index (κ1) is 15.3. The van der Waals surface area contributed by atoms with Gasteiger partial charge in [0.05, 0.1) is 4.90 Å². The normalized spacial score (nSPS) is 11.0. The fraction of sp³-hybridized carbons (Fsp3) is 0. The third kappa shape index (κ3) is 4.45. The van der Waals surface area contributed by atoms with Crippen LogP contribution >= 0.6 is 11.6 Å². The van der Waals surface area contributed by atoms with Crippen molar-refractivity contribution in [1.29, 1.82) is 0 Å². The van der Waals surface area contributed by atoms with Gasteiger partial charge in [-0.3, -0.25) is 4.55 Å². The van der Waals surface area contributed by atoms with Crippen LogP contribution in [0.25, 0.3) is 0 Å². The summed E-state index contributed by atoms with van der Waals surface area (Å²) in [5.41, 5.74) is 0.718. The summed E-state index contributed by atoms with van der Waals surface area (Å²) >= 11 is 5.79. The van der Waals surface area contributed by atoms with Crippen molar-refractivity contribution in [3.8, 4) is 0 Å². The second-order valence-corrected chi connectivity index (χ2v) is 5.95. The van der Waals surface area contributed by atoms with Crippen molar-refractivity contribution in [2.24, 2.45) is 0 Å². The molecule has 0 unspecified atom stereocenters. The third-order valence-electron chi connectivity index (χ3n) is 2.47. The molecule has 0 aliphatic carbocycles. The van der Waals surface area contributed by atoms with E-state index in [-0.39, 0.29) is 10.6 Å². The molecule has 0 saturated carbocycles. The lowest BCUT2D eigenvalue weighted by Crippen LogP contribution is -2.19. The van der Waals surface area contributed by atoms with Crippen molar-refractivity contribution in [3.05, 3.63) is 53.6 Å². The molecule has 2 amide bonds. The molecule has 2 aromatic carbocycles. The molecule has 21 heavy (non-hydrogen) atoms. The van der Waals surface area contributed by atoms with E-state index in [9.17, 15) is 13.2 Å². The lowest BCUT2D eigenvalue weighted by Gasteiger charge is -2.08. The van der Waals surface area contributed by atoms with Crippen LogP contribution < -0.4 is 10.6 Å². The summed E-state index contributed by atoms with van der Waals surface area (Å²) in [4.78, 5) is 11.5. The number of rotatable bonds is 3. The van der Waals surface area contributed by atoms with E-state index in [0.717, 1.165) is 6.07 Å². The number of nitrogens with one attached hydrogen (secondary N) is 2. The summed E-state index contributed by atoms with van der Waals surface area (Å²) in [7, 11) is -4.31. The summed E-state index contributed by atoms with van der Waals surface area (Å²) in [5.74, 6) is 0. The SMILES string of the molecule is O=C(Nc1cccc(Cl)c1)Nc1cccc(S(=O)(=O)O)c1. The van der Waals surface area contributed by atoms with Gasteiger partial charge in [0.25, 0.3) is 10.1 Å². The van der Waals surface area contributed by atoms with E-state index in [1.54, 1.807) is 24.3 Å². The van der Waals surface area contributed by atoms with E-state index in [0.29, 0.717) is 10.7 Å². The average Bonchev–Trinajstić information content (AvgIpc) is 2.37. The summed E-state index contributed by atoms with van der Waals surface area (Å²) in [6.45, 7) is 0. The number of amides is 2. The van der Waals surface area contributed by atoms with Crippen molar-refractivity contribution < 1.29 is 17.8 Å². The zero-order valence-electron chi connectivity index (χ0n) is 10.6. The Morgan fingerprint density at radius 1 is 1.00 bits per heavy atom. The molecule has 3 N–H and O–H groups in total. The Morgan fingerprint density at radius 2 is 1.57 bits per heavy atom. The molecule has 0 fully saturated rings. The molecule has 6 nitrogen and oxygen atoms in total. The molecule has 2 aromatic rings. The van der Waals surface area contributed by atoms with Crippen molar-refractivity contribution in [2.75, 3.05) is 10.6 Å². The predicted octanol–water partition coefficient (Wildman–Crippen LogP) is 3.23. The summed E-state index contributed by atoms with van der Waals surface area (Å²) in [5, 5.41) is 5.47. The van der Waals surface area contributed by atoms with Crippen LogP contribution in [0, 0.1) is 0 Å². The zero-order valence-corrected chi connectivity index (χ0v) is 12.1. The summed E-state index contributed by atoms with van der Waals surface area (Å²) < 4.78 is 31.0. The van der Waals surface area contributed by atoms with Gasteiger partial charge in [-0.25, -0.2) is 4.79 Å². The maximum atomic E-state index is 11.8. The van der Waals surface area contributed by atoms with Crippen molar-refractivity contribution in [2.45, 2.75) is 4.90 Å². The minimum absolute atomic E-state index is 0.227. The van der Waals surface area contributed by atoms with Crippen LogP contribution in [-0.4, -0.2) is 19.0 Å². The Bertz CT molecular complexity index is 777. The number of anilines is 2. The van der Waals surface area contributed by atoms with Crippen LogP contribution in [0.5, 0.6) is 0 Å². The standard InChI is InChI=1S/C13H11ClN2O4S/c14-9-3-1-4-10(7-9)15-13(17)16-11-5-2-6-12(8-11)21(18,19)20/h1-8H,(H2,15,16,17)(H,18,19,20). The van der Waals surface area contributed by atoms with E-state index in [1.165, 1.54) is 18.2 Å². The van der Waals surface area contributed by atoms with Crippen LogP contribution in [0.2, 0.25) is 5.02 Å². The van der Waals surface area contributed by atoms with Gasteiger partial charge in [-0.2, -0.15) is 8.42 Å². The highest BCUT2D eigenvalue weighted by molar-refractivity contribution is 7.85. The number of carbonyl (C=O) groups excluding carboxylic acids is 1. The maximum absolute atomic E-state index is 11.8. The van der Waals surface area contributed by atoms with E-state index >= 15 is 0 Å². The van der Waals surface area contributed by atoms with Gasteiger partial charge in [0.15, 0.2) is 0 Å². The average molecular weight is 327 g/mol. The first-order valence-electron chi connectivity index (χ1n) is 5.76. The highest BCUT2D eigenvalue weighted by atomic mass is 35.5. The van der Waals surface area contributed by atoms with Gasteiger partial charge in [-0.05, 0) is 36.4 Å². The summed E-state index contributed by atoms with van der Waals surface area (Å²) in [6, 6.07) is 11.3. The van der Waals surface area contributed by atoms with Crippen molar-refractivity contribution >= 4 is 39.1 Å². The Balaban J connectivity index is 2.10. The summed E-state index contributed by atoms with van der Waals surface area (Å²) in [6.07, 6.45) is 0. The van der Waals surface area contributed by atoms with Crippen LogP contribution in [-0.2, 0) is 10.1 Å². The number of benzene rings is 2. The Morgan fingerprint density at radius 3 is 2.14 bits per heavy atom. The number of halogens is 1. The molecule has 0 heterocycles. The van der Waals surface area contributed by atoms with E-state index in [4.69, 9.17) is 16.2 Å². The van der Waals surface area contributed by atoms with Gasteiger partial charge in [0.2, 0.25) is 0 Å². The highest BCUT2D eigenvalue weighted by Gasteiger charge is 2.10. The number of carbonyl (C=O) groups is 1. The number of hydrogen-bond donors (Lipinski definition) is 3.